The van der Waals surface area contributed by atoms with Crippen molar-refractivity contribution in [3.63, 3.8) is 0 Å². The minimum absolute atomic E-state index is 0.0510. The van der Waals surface area contributed by atoms with Gasteiger partial charge in [-0.05, 0) is 55.2 Å². The number of piperazine rings is 1. The first kappa shape index (κ1) is 16.8. The first-order valence-electron chi connectivity index (χ1n) is 9.02. The Labute approximate surface area is 152 Å². The summed E-state index contributed by atoms with van der Waals surface area (Å²) < 4.78 is 13.1. The Balaban J connectivity index is 1.54. The standard InChI is InChI=1S/C21H21FN2O2/c1-14-20(25)23-12-2-3-19(23)13-24(14)21(26)17-6-4-15(5-7-17)16-8-10-18(22)11-9-16/h4-11,14,19H,2-3,12-13H2,1H3/t14-,19+/m0/s1. The molecule has 2 atom stereocenters. The Morgan fingerprint density at radius 2 is 1.65 bits per heavy atom. The van der Waals surface area contributed by atoms with Crippen LogP contribution in [-0.4, -0.2) is 46.8 Å². The van der Waals surface area contributed by atoms with Gasteiger partial charge in [0.2, 0.25) is 5.91 Å². The van der Waals surface area contributed by atoms with E-state index in [1.807, 2.05) is 24.0 Å². The number of carbonyl (C=O) groups excluding carboxylic acids is 2. The summed E-state index contributed by atoms with van der Waals surface area (Å²) in [5, 5.41) is 0. The molecule has 4 rings (SSSR count). The fourth-order valence-electron chi connectivity index (χ4n) is 3.95. The summed E-state index contributed by atoms with van der Waals surface area (Å²) >= 11 is 0. The molecule has 26 heavy (non-hydrogen) atoms. The zero-order chi connectivity index (χ0) is 18.3. The highest BCUT2D eigenvalue weighted by Crippen LogP contribution is 2.27. The highest BCUT2D eigenvalue weighted by Gasteiger charge is 2.42. The molecular weight excluding hydrogens is 331 g/mol. The predicted octanol–water partition coefficient (Wildman–Crippen LogP) is 3.33. The van der Waals surface area contributed by atoms with Crippen molar-refractivity contribution in [2.75, 3.05) is 13.1 Å². The molecule has 5 heteroatoms. The van der Waals surface area contributed by atoms with E-state index in [-0.39, 0.29) is 23.7 Å². The Kier molecular flexibility index (Phi) is 4.23. The first-order chi connectivity index (χ1) is 12.5. The summed E-state index contributed by atoms with van der Waals surface area (Å²) in [5.74, 6) is -0.330. The summed E-state index contributed by atoms with van der Waals surface area (Å²) in [4.78, 5) is 29.1. The summed E-state index contributed by atoms with van der Waals surface area (Å²) in [7, 11) is 0. The Morgan fingerprint density at radius 1 is 1.04 bits per heavy atom. The number of rotatable bonds is 2. The van der Waals surface area contributed by atoms with Gasteiger partial charge in [0.25, 0.3) is 5.91 Å². The second-order valence-corrected chi connectivity index (χ2v) is 7.05. The summed E-state index contributed by atoms with van der Waals surface area (Å²) in [5.41, 5.74) is 2.39. The molecule has 2 amide bonds. The van der Waals surface area contributed by atoms with Crippen molar-refractivity contribution in [3.05, 3.63) is 59.9 Å². The van der Waals surface area contributed by atoms with E-state index in [1.54, 1.807) is 29.2 Å². The zero-order valence-electron chi connectivity index (χ0n) is 14.7. The predicted molar refractivity (Wildman–Crippen MR) is 97.1 cm³/mol. The highest BCUT2D eigenvalue weighted by molar-refractivity contribution is 5.98. The molecule has 0 aliphatic carbocycles. The molecule has 2 aromatic carbocycles. The van der Waals surface area contributed by atoms with Crippen LogP contribution < -0.4 is 0 Å². The van der Waals surface area contributed by atoms with Gasteiger partial charge in [0, 0.05) is 24.7 Å². The van der Waals surface area contributed by atoms with E-state index in [0.717, 1.165) is 30.5 Å². The molecule has 2 aliphatic rings. The second kappa shape index (κ2) is 6.56. The number of carbonyl (C=O) groups is 2. The third-order valence-corrected chi connectivity index (χ3v) is 5.46. The lowest BCUT2D eigenvalue weighted by atomic mass is 10.0. The maximum absolute atomic E-state index is 13.1. The van der Waals surface area contributed by atoms with Crippen LogP contribution in [0.25, 0.3) is 11.1 Å². The van der Waals surface area contributed by atoms with Crippen molar-refractivity contribution in [2.24, 2.45) is 0 Å². The average Bonchev–Trinajstić information content (AvgIpc) is 3.14. The van der Waals surface area contributed by atoms with Gasteiger partial charge in [-0.15, -0.1) is 0 Å². The van der Waals surface area contributed by atoms with Crippen LogP contribution in [0, 0.1) is 5.82 Å². The van der Waals surface area contributed by atoms with Gasteiger partial charge in [-0.3, -0.25) is 9.59 Å². The number of hydrogen-bond acceptors (Lipinski definition) is 2. The third-order valence-electron chi connectivity index (χ3n) is 5.46. The van der Waals surface area contributed by atoms with E-state index in [9.17, 15) is 14.0 Å². The van der Waals surface area contributed by atoms with Gasteiger partial charge in [0.15, 0.2) is 0 Å². The van der Waals surface area contributed by atoms with E-state index < -0.39 is 6.04 Å². The minimum Gasteiger partial charge on any atom is -0.336 e. The van der Waals surface area contributed by atoms with E-state index >= 15 is 0 Å². The SMILES string of the molecule is C[C@H]1C(=O)N2CCC[C@@H]2CN1C(=O)c1ccc(-c2ccc(F)cc2)cc1. The molecule has 0 aromatic heterocycles. The normalized spacial score (nSPS) is 22.5. The monoisotopic (exact) mass is 352 g/mol. The largest absolute Gasteiger partial charge is 0.336 e. The summed E-state index contributed by atoms with van der Waals surface area (Å²) in [6.07, 6.45) is 1.98. The number of amides is 2. The summed E-state index contributed by atoms with van der Waals surface area (Å²) in [6, 6.07) is 13.3. The molecule has 2 heterocycles. The van der Waals surface area contributed by atoms with Crippen LogP contribution in [0.2, 0.25) is 0 Å². The van der Waals surface area contributed by atoms with Crippen LogP contribution in [0.1, 0.15) is 30.1 Å². The molecule has 0 unspecified atom stereocenters. The Hall–Kier alpha value is -2.69. The molecule has 0 radical (unpaired) electrons. The zero-order valence-corrected chi connectivity index (χ0v) is 14.7. The van der Waals surface area contributed by atoms with Crippen LogP contribution >= 0.6 is 0 Å². The van der Waals surface area contributed by atoms with Crippen molar-refractivity contribution in [2.45, 2.75) is 31.8 Å². The lowest BCUT2D eigenvalue weighted by molar-refractivity contribution is -0.141. The van der Waals surface area contributed by atoms with Gasteiger partial charge < -0.3 is 9.80 Å². The molecule has 2 saturated heterocycles. The fourth-order valence-corrected chi connectivity index (χ4v) is 3.95. The highest BCUT2D eigenvalue weighted by atomic mass is 19.1. The van der Waals surface area contributed by atoms with Crippen molar-refractivity contribution >= 4 is 11.8 Å². The fraction of sp³-hybridized carbons (Fsp3) is 0.333. The number of hydrogen-bond donors (Lipinski definition) is 0. The molecule has 0 N–H and O–H groups in total. The van der Waals surface area contributed by atoms with Crippen LogP contribution in [-0.2, 0) is 4.79 Å². The van der Waals surface area contributed by atoms with Gasteiger partial charge in [0.1, 0.15) is 11.9 Å². The molecule has 2 aliphatic heterocycles. The third kappa shape index (κ3) is 2.87. The second-order valence-electron chi connectivity index (χ2n) is 7.05. The van der Waals surface area contributed by atoms with Gasteiger partial charge in [0.05, 0.1) is 0 Å². The molecule has 0 saturated carbocycles. The van der Waals surface area contributed by atoms with Crippen LogP contribution in [0.5, 0.6) is 0 Å². The topological polar surface area (TPSA) is 40.6 Å². The maximum Gasteiger partial charge on any atom is 0.254 e. The van der Waals surface area contributed by atoms with E-state index in [0.29, 0.717) is 12.1 Å². The van der Waals surface area contributed by atoms with Crippen molar-refractivity contribution < 1.29 is 14.0 Å². The Morgan fingerprint density at radius 3 is 2.31 bits per heavy atom. The first-order valence-corrected chi connectivity index (χ1v) is 9.02. The maximum atomic E-state index is 13.1. The van der Waals surface area contributed by atoms with Crippen molar-refractivity contribution in [1.82, 2.24) is 9.80 Å². The van der Waals surface area contributed by atoms with Gasteiger partial charge in [-0.1, -0.05) is 24.3 Å². The van der Waals surface area contributed by atoms with Crippen LogP contribution in [0.4, 0.5) is 4.39 Å². The number of benzene rings is 2. The lowest BCUT2D eigenvalue weighted by Gasteiger charge is -2.41. The van der Waals surface area contributed by atoms with Gasteiger partial charge >= 0.3 is 0 Å². The lowest BCUT2D eigenvalue weighted by Crippen LogP contribution is -2.60. The van der Waals surface area contributed by atoms with E-state index in [2.05, 4.69) is 0 Å². The van der Waals surface area contributed by atoms with Gasteiger partial charge in [-0.2, -0.15) is 0 Å². The van der Waals surface area contributed by atoms with Crippen molar-refractivity contribution in [3.8, 4) is 11.1 Å². The molecule has 0 spiro atoms. The van der Waals surface area contributed by atoms with Crippen molar-refractivity contribution in [1.29, 1.82) is 0 Å². The number of halogens is 1. The molecule has 2 fully saturated rings. The van der Waals surface area contributed by atoms with Crippen LogP contribution in [0.3, 0.4) is 0 Å². The molecule has 2 aromatic rings. The summed E-state index contributed by atoms with van der Waals surface area (Å²) in [6.45, 7) is 3.22. The minimum atomic E-state index is -0.423. The van der Waals surface area contributed by atoms with E-state index in [1.165, 1.54) is 12.1 Å². The van der Waals surface area contributed by atoms with E-state index in [4.69, 9.17) is 0 Å². The average molecular weight is 352 g/mol. The molecule has 0 bridgehead atoms. The van der Waals surface area contributed by atoms with Crippen LogP contribution in [0.15, 0.2) is 48.5 Å². The molecule has 4 nitrogen and oxygen atoms in total. The molecule has 134 valence electrons. The number of nitrogens with zero attached hydrogens (tertiary/aromatic N) is 2. The quantitative estimate of drug-likeness (QED) is 0.832. The Bertz CT molecular complexity index is 832. The smallest absolute Gasteiger partial charge is 0.254 e. The number of fused-ring (bicyclic) bond motifs is 1. The molecular formula is C21H21FN2O2. The van der Waals surface area contributed by atoms with Gasteiger partial charge in [-0.25, -0.2) is 4.39 Å².